The standard InChI is InChI=1S/C15H11ClN2O3/c16-10-6-7-12(19)11(8-10)18-13(14(20)17-15(18)21)9-4-2-1-3-5-9/h1-8,19-20H,(H,17,21). The van der Waals surface area contributed by atoms with E-state index in [1.165, 1.54) is 22.8 Å². The van der Waals surface area contributed by atoms with Crippen LogP contribution in [0.5, 0.6) is 11.6 Å². The number of halogens is 1. The molecule has 0 aliphatic carbocycles. The highest BCUT2D eigenvalue weighted by Gasteiger charge is 2.19. The molecule has 0 radical (unpaired) electrons. The summed E-state index contributed by atoms with van der Waals surface area (Å²) in [6.07, 6.45) is 0. The van der Waals surface area contributed by atoms with Gasteiger partial charge in [-0.15, -0.1) is 0 Å². The van der Waals surface area contributed by atoms with Gasteiger partial charge in [0.05, 0.1) is 5.69 Å². The summed E-state index contributed by atoms with van der Waals surface area (Å²) >= 11 is 5.93. The molecule has 6 heteroatoms. The topological polar surface area (TPSA) is 78.2 Å². The lowest BCUT2D eigenvalue weighted by Crippen LogP contribution is -2.15. The number of nitrogens with one attached hydrogen (secondary N) is 1. The second-order valence-electron chi connectivity index (χ2n) is 4.46. The van der Waals surface area contributed by atoms with Gasteiger partial charge in [0.1, 0.15) is 11.4 Å². The number of benzene rings is 2. The summed E-state index contributed by atoms with van der Waals surface area (Å²) in [6.45, 7) is 0. The van der Waals surface area contributed by atoms with Crippen molar-refractivity contribution >= 4 is 11.6 Å². The summed E-state index contributed by atoms with van der Waals surface area (Å²) in [5.41, 5.74) is 0.526. The fourth-order valence-electron chi connectivity index (χ4n) is 2.19. The van der Waals surface area contributed by atoms with E-state index in [-0.39, 0.29) is 23.0 Å². The van der Waals surface area contributed by atoms with Gasteiger partial charge in [0.2, 0.25) is 5.88 Å². The highest BCUT2D eigenvalue weighted by atomic mass is 35.5. The lowest BCUT2D eigenvalue weighted by molar-refractivity contribution is 0.457. The predicted octanol–water partition coefficient (Wildman–Crippen LogP) is 2.90. The van der Waals surface area contributed by atoms with E-state index in [1.807, 2.05) is 6.07 Å². The molecular formula is C15H11ClN2O3. The average molecular weight is 303 g/mol. The molecule has 0 fully saturated rings. The number of phenols is 1. The van der Waals surface area contributed by atoms with Crippen LogP contribution in [0.4, 0.5) is 0 Å². The van der Waals surface area contributed by atoms with Gasteiger partial charge in [0.15, 0.2) is 0 Å². The summed E-state index contributed by atoms with van der Waals surface area (Å²) in [4.78, 5) is 14.4. The Morgan fingerprint density at radius 2 is 1.76 bits per heavy atom. The fraction of sp³-hybridized carbons (Fsp3) is 0. The van der Waals surface area contributed by atoms with Crippen LogP contribution in [0.15, 0.2) is 53.3 Å². The molecule has 3 N–H and O–H groups in total. The first kappa shape index (κ1) is 13.3. The second-order valence-corrected chi connectivity index (χ2v) is 4.90. The van der Waals surface area contributed by atoms with Crippen molar-refractivity contribution in [1.82, 2.24) is 9.55 Å². The first-order chi connectivity index (χ1) is 10.1. The van der Waals surface area contributed by atoms with Crippen LogP contribution in [0.1, 0.15) is 0 Å². The summed E-state index contributed by atoms with van der Waals surface area (Å²) in [6, 6.07) is 13.3. The Kier molecular flexibility index (Phi) is 3.19. The molecule has 5 nitrogen and oxygen atoms in total. The Labute approximate surface area is 124 Å². The molecule has 0 aliphatic rings. The number of aromatic amines is 1. The van der Waals surface area contributed by atoms with Gasteiger partial charge in [-0.2, -0.15) is 0 Å². The Hall–Kier alpha value is -2.66. The zero-order valence-electron chi connectivity index (χ0n) is 10.7. The fourth-order valence-corrected chi connectivity index (χ4v) is 2.36. The van der Waals surface area contributed by atoms with Crippen molar-refractivity contribution in [2.75, 3.05) is 0 Å². The quantitative estimate of drug-likeness (QED) is 0.681. The third-order valence-corrected chi connectivity index (χ3v) is 3.34. The molecule has 0 atom stereocenters. The third kappa shape index (κ3) is 2.28. The van der Waals surface area contributed by atoms with E-state index < -0.39 is 5.69 Å². The molecule has 0 saturated carbocycles. The highest BCUT2D eigenvalue weighted by Crippen LogP contribution is 2.32. The van der Waals surface area contributed by atoms with Gasteiger partial charge in [-0.1, -0.05) is 41.9 Å². The van der Waals surface area contributed by atoms with E-state index in [1.54, 1.807) is 24.3 Å². The number of hydrogen-bond donors (Lipinski definition) is 3. The van der Waals surface area contributed by atoms with Gasteiger partial charge in [-0.25, -0.2) is 4.79 Å². The summed E-state index contributed by atoms with van der Waals surface area (Å²) in [7, 11) is 0. The highest BCUT2D eigenvalue weighted by molar-refractivity contribution is 6.30. The van der Waals surface area contributed by atoms with Crippen LogP contribution >= 0.6 is 11.6 Å². The number of hydrogen-bond acceptors (Lipinski definition) is 3. The van der Waals surface area contributed by atoms with Gasteiger partial charge in [-0.05, 0) is 18.2 Å². The summed E-state index contributed by atoms with van der Waals surface area (Å²) < 4.78 is 1.19. The molecule has 0 unspecified atom stereocenters. The maximum Gasteiger partial charge on any atom is 0.333 e. The van der Waals surface area contributed by atoms with Gasteiger partial charge >= 0.3 is 5.69 Å². The molecule has 21 heavy (non-hydrogen) atoms. The normalized spacial score (nSPS) is 10.7. The number of rotatable bonds is 2. The molecule has 3 aromatic rings. The molecule has 3 rings (SSSR count). The minimum atomic E-state index is -0.566. The summed E-state index contributed by atoms with van der Waals surface area (Å²) in [5.74, 6) is -0.386. The maximum absolute atomic E-state index is 12.1. The number of phenolic OH excluding ortho intramolecular Hbond substituents is 1. The maximum atomic E-state index is 12.1. The Bertz CT molecular complexity index is 853. The van der Waals surface area contributed by atoms with Crippen LogP contribution in [0.2, 0.25) is 5.02 Å². The van der Waals surface area contributed by atoms with E-state index in [9.17, 15) is 15.0 Å². The van der Waals surface area contributed by atoms with Crippen LogP contribution in [-0.4, -0.2) is 19.8 Å². The zero-order valence-corrected chi connectivity index (χ0v) is 11.5. The van der Waals surface area contributed by atoms with Crippen molar-refractivity contribution in [3.05, 3.63) is 64.0 Å². The molecule has 1 aromatic heterocycles. The van der Waals surface area contributed by atoms with Crippen LogP contribution in [0, 0.1) is 0 Å². The predicted molar refractivity (Wildman–Crippen MR) is 80.2 cm³/mol. The van der Waals surface area contributed by atoms with E-state index in [0.717, 1.165) is 0 Å². The van der Waals surface area contributed by atoms with Crippen molar-refractivity contribution in [3.8, 4) is 28.6 Å². The Morgan fingerprint density at radius 1 is 1.05 bits per heavy atom. The van der Waals surface area contributed by atoms with Gasteiger partial charge < -0.3 is 10.2 Å². The van der Waals surface area contributed by atoms with E-state index in [2.05, 4.69) is 4.98 Å². The molecule has 106 valence electrons. The van der Waals surface area contributed by atoms with Crippen LogP contribution < -0.4 is 5.69 Å². The number of H-pyrrole nitrogens is 1. The van der Waals surface area contributed by atoms with E-state index in [0.29, 0.717) is 10.6 Å². The van der Waals surface area contributed by atoms with Crippen molar-refractivity contribution < 1.29 is 10.2 Å². The minimum Gasteiger partial charge on any atom is -0.506 e. The molecule has 1 heterocycles. The van der Waals surface area contributed by atoms with Gasteiger partial charge in [0, 0.05) is 10.6 Å². The van der Waals surface area contributed by atoms with Gasteiger partial charge in [0.25, 0.3) is 0 Å². The SMILES string of the molecule is O=c1[nH]c(O)c(-c2ccccc2)n1-c1cc(Cl)ccc1O. The lowest BCUT2D eigenvalue weighted by atomic mass is 10.1. The minimum absolute atomic E-state index is 0.113. The molecular weight excluding hydrogens is 292 g/mol. The molecule has 0 bridgehead atoms. The third-order valence-electron chi connectivity index (χ3n) is 3.10. The Balaban J connectivity index is 2.34. The van der Waals surface area contributed by atoms with Crippen LogP contribution in [0.3, 0.4) is 0 Å². The lowest BCUT2D eigenvalue weighted by Gasteiger charge is -2.10. The number of imidazole rings is 1. The van der Waals surface area contributed by atoms with Gasteiger partial charge in [-0.3, -0.25) is 9.55 Å². The molecule has 0 aliphatic heterocycles. The van der Waals surface area contributed by atoms with Crippen LogP contribution in [0.25, 0.3) is 16.9 Å². The molecule has 0 saturated heterocycles. The van der Waals surface area contributed by atoms with E-state index in [4.69, 9.17) is 11.6 Å². The van der Waals surface area contributed by atoms with E-state index >= 15 is 0 Å². The molecule has 0 spiro atoms. The Morgan fingerprint density at radius 3 is 2.48 bits per heavy atom. The monoisotopic (exact) mass is 302 g/mol. The number of aromatic nitrogens is 2. The zero-order chi connectivity index (χ0) is 15.0. The smallest absolute Gasteiger partial charge is 0.333 e. The van der Waals surface area contributed by atoms with Crippen molar-refractivity contribution in [3.63, 3.8) is 0 Å². The van der Waals surface area contributed by atoms with Crippen molar-refractivity contribution in [1.29, 1.82) is 0 Å². The second kappa shape index (κ2) is 5.03. The number of nitrogens with zero attached hydrogens (tertiary/aromatic N) is 1. The van der Waals surface area contributed by atoms with Crippen LogP contribution in [-0.2, 0) is 0 Å². The molecule has 2 aromatic carbocycles. The summed E-state index contributed by atoms with van der Waals surface area (Å²) in [5, 5.41) is 20.3. The first-order valence-corrected chi connectivity index (χ1v) is 6.54. The average Bonchev–Trinajstić information content (AvgIpc) is 2.77. The molecule has 0 amide bonds. The first-order valence-electron chi connectivity index (χ1n) is 6.16. The largest absolute Gasteiger partial charge is 0.506 e. The number of aromatic hydroxyl groups is 2. The van der Waals surface area contributed by atoms with Crippen molar-refractivity contribution in [2.45, 2.75) is 0 Å². The van der Waals surface area contributed by atoms with Crippen molar-refractivity contribution in [2.24, 2.45) is 0 Å².